The van der Waals surface area contributed by atoms with Crippen LogP contribution in [0, 0.1) is 0 Å². The van der Waals surface area contributed by atoms with Gasteiger partial charge in [0.1, 0.15) is 0 Å². The Hall–Kier alpha value is -1.14. The monoisotopic (exact) mass is 367 g/mol. The third kappa shape index (κ3) is 6.06. The molecule has 6 heteroatoms. The van der Waals surface area contributed by atoms with E-state index < -0.39 is 5.97 Å². The molecule has 4 nitrogen and oxygen atoms in total. The summed E-state index contributed by atoms with van der Waals surface area (Å²) in [6, 6.07) is 7.63. The molecule has 2 rings (SSSR count). The smallest absolute Gasteiger partial charge is 0.338 e. The summed E-state index contributed by atoms with van der Waals surface area (Å²) in [5, 5.41) is 2.82. The van der Waals surface area contributed by atoms with Gasteiger partial charge in [-0.3, -0.25) is 4.79 Å². The van der Waals surface area contributed by atoms with Crippen molar-refractivity contribution in [3.05, 3.63) is 35.4 Å². The summed E-state index contributed by atoms with van der Waals surface area (Å²) < 4.78 is 5.55. The zero-order valence-electron chi connectivity index (χ0n) is 14.2. The minimum Gasteiger partial charge on any atom is -0.452 e. The van der Waals surface area contributed by atoms with Gasteiger partial charge in [0.05, 0.1) is 10.1 Å². The van der Waals surface area contributed by atoms with Crippen LogP contribution in [0.4, 0.5) is 0 Å². The zero-order valence-corrected chi connectivity index (χ0v) is 15.9. The van der Waals surface area contributed by atoms with Crippen molar-refractivity contribution in [2.75, 3.05) is 18.1 Å². The molecule has 1 aliphatic rings. The number of nitrogens with one attached hydrogen (secondary N) is 1. The lowest BCUT2D eigenvalue weighted by molar-refractivity contribution is -0.124. The Morgan fingerprint density at radius 2 is 1.92 bits per heavy atom. The summed E-state index contributed by atoms with van der Waals surface area (Å²) in [7, 11) is 0. The second-order valence-corrected chi connectivity index (χ2v) is 8.61. The first-order valence-electron chi connectivity index (χ1n) is 8.39. The van der Waals surface area contributed by atoms with E-state index in [1.807, 2.05) is 42.6 Å². The quantitative estimate of drug-likeness (QED) is 0.738. The van der Waals surface area contributed by atoms with E-state index in [1.165, 1.54) is 23.5 Å². The first kappa shape index (κ1) is 19.2. The molecule has 24 heavy (non-hydrogen) atoms. The number of thioether (sulfide) groups is 2. The van der Waals surface area contributed by atoms with Gasteiger partial charge >= 0.3 is 5.97 Å². The van der Waals surface area contributed by atoms with Crippen LogP contribution in [0.5, 0.6) is 0 Å². The van der Waals surface area contributed by atoms with Gasteiger partial charge in [0.2, 0.25) is 0 Å². The number of carbonyl (C=O) groups excluding carboxylic acids is 2. The third-order valence-electron chi connectivity index (χ3n) is 3.71. The van der Waals surface area contributed by atoms with E-state index in [9.17, 15) is 9.59 Å². The topological polar surface area (TPSA) is 55.4 Å². The van der Waals surface area contributed by atoms with Crippen molar-refractivity contribution in [2.24, 2.45) is 0 Å². The van der Waals surface area contributed by atoms with Gasteiger partial charge in [0.15, 0.2) is 6.61 Å². The van der Waals surface area contributed by atoms with E-state index in [2.05, 4.69) is 12.2 Å². The van der Waals surface area contributed by atoms with Crippen molar-refractivity contribution in [3.63, 3.8) is 0 Å². The van der Waals surface area contributed by atoms with E-state index in [4.69, 9.17) is 4.74 Å². The molecule has 132 valence electrons. The molecular formula is C18H25NO3S2. The molecule has 0 aliphatic carbocycles. The molecule has 1 N–H and O–H groups in total. The third-order valence-corrected chi connectivity index (χ3v) is 6.72. The van der Waals surface area contributed by atoms with E-state index in [1.54, 1.807) is 12.1 Å². The molecule has 0 saturated carbocycles. The maximum Gasteiger partial charge on any atom is 0.338 e. The Labute approximate surface area is 152 Å². The Morgan fingerprint density at radius 3 is 2.54 bits per heavy atom. The molecule has 1 aromatic rings. The second kappa shape index (κ2) is 9.99. The van der Waals surface area contributed by atoms with Crippen LogP contribution < -0.4 is 5.32 Å². The van der Waals surface area contributed by atoms with Crippen LogP contribution >= 0.6 is 23.5 Å². The second-order valence-electron chi connectivity index (χ2n) is 5.88. The van der Waals surface area contributed by atoms with Crippen LogP contribution in [0.25, 0.3) is 0 Å². The van der Waals surface area contributed by atoms with Gasteiger partial charge in [0.25, 0.3) is 5.91 Å². The highest BCUT2D eigenvalue weighted by Crippen LogP contribution is 2.43. The average Bonchev–Trinajstić information content (AvgIpc) is 2.61. The average molecular weight is 368 g/mol. The fourth-order valence-electron chi connectivity index (χ4n) is 2.49. The largest absolute Gasteiger partial charge is 0.452 e. The number of hydrogen-bond donors (Lipinski definition) is 1. The Morgan fingerprint density at radius 1 is 1.25 bits per heavy atom. The Kier molecular flexibility index (Phi) is 7.99. The van der Waals surface area contributed by atoms with Gasteiger partial charge < -0.3 is 10.1 Å². The van der Waals surface area contributed by atoms with Crippen LogP contribution in [0.3, 0.4) is 0 Å². The van der Waals surface area contributed by atoms with E-state index in [0.29, 0.717) is 10.1 Å². The van der Waals surface area contributed by atoms with Crippen LogP contribution in [-0.2, 0) is 9.53 Å². The molecule has 1 amide bonds. The van der Waals surface area contributed by atoms with Gasteiger partial charge in [-0.05, 0) is 49.0 Å². The van der Waals surface area contributed by atoms with Crippen molar-refractivity contribution < 1.29 is 14.3 Å². The van der Waals surface area contributed by atoms with Crippen LogP contribution in [0.1, 0.15) is 53.6 Å². The molecular weight excluding hydrogens is 342 g/mol. The fourth-order valence-corrected chi connectivity index (χ4v) is 5.39. The van der Waals surface area contributed by atoms with Gasteiger partial charge in [0, 0.05) is 6.04 Å². The van der Waals surface area contributed by atoms with Crippen molar-refractivity contribution in [1.29, 1.82) is 0 Å². The molecule has 1 fully saturated rings. The summed E-state index contributed by atoms with van der Waals surface area (Å²) >= 11 is 3.90. The highest BCUT2D eigenvalue weighted by Gasteiger charge is 2.17. The first-order chi connectivity index (χ1) is 11.6. The van der Waals surface area contributed by atoms with Gasteiger partial charge in [-0.1, -0.05) is 25.5 Å². The summed E-state index contributed by atoms with van der Waals surface area (Å²) in [5.74, 6) is 1.67. The number of rotatable bonds is 7. The predicted molar refractivity (Wildman–Crippen MR) is 102 cm³/mol. The number of benzene rings is 1. The Balaban J connectivity index is 1.80. The minimum absolute atomic E-state index is 0.103. The highest BCUT2D eigenvalue weighted by atomic mass is 32.2. The lowest BCUT2D eigenvalue weighted by atomic mass is 10.1. The summed E-state index contributed by atoms with van der Waals surface area (Å²) in [4.78, 5) is 23.8. The molecule has 1 aromatic carbocycles. The fraction of sp³-hybridized carbons (Fsp3) is 0.556. The molecule has 1 atom stereocenters. The molecule has 1 aliphatic heterocycles. The number of carbonyl (C=O) groups is 2. The lowest BCUT2D eigenvalue weighted by Gasteiger charge is -2.21. The molecule has 1 heterocycles. The van der Waals surface area contributed by atoms with Crippen molar-refractivity contribution in [1.82, 2.24) is 5.32 Å². The Bertz CT molecular complexity index is 542. The number of amides is 1. The number of ether oxygens (including phenoxy) is 1. The van der Waals surface area contributed by atoms with Crippen LogP contribution in [-0.4, -0.2) is 36.0 Å². The van der Waals surface area contributed by atoms with Crippen molar-refractivity contribution in [2.45, 2.75) is 43.7 Å². The van der Waals surface area contributed by atoms with Crippen LogP contribution in [0.2, 0.25) is 0 Å². The molecule has 1 saturated heterocycles. The summed E-state index contributed by atoms with van der Waals surface area (Å²) in [6.07, 6.45) is 3.18. The maximum absolute atomic E-state index is 12.0. The van der Waals surface area contributed by atoms with E-state index in [0.717, 1.165) is 12.8 Å². The van der Waals surface area contributed by atoms with Gasteiger partial charge in [-0.2, -0.15) is 0 Å². The van der Waals surface area contributed by atoms with Crippen LogP contribution in [0.15, 0.2) is 24.3 Å². The van der Waals surface area contributed by atoms with Gasteiger partial charge in [-0.25, -0.2) is 4.79 Å². The van der Waals surface area contributed by atoms with Crippen molar-refractivity contribution >= 4 is 35.4 Å². The number of esters is 1. The van der Waals surface area contributed by atoms with Gasteiger partial charge in [-0.15, -0.1) is 23.5 Å². The SMILES string of the molecule is CCC[C@@H](C)NC(=O)COC(=O)c1ccc(C2SCCCS2)cc1. The molecule has 0 spiro atoms. The highest BCUT2D eigenvalue weighted by molar-refractivity contribution is 8.16. The minimum atomic E-state index is -0.455. The molecule has 0 radical (unpaired) electrons. The van der Waals surface area contributed by atoms with E-state index in [-0.39, 0.29) is 18.6 Å². The number of hydrogen-bond acceptors (Lipinski definition) is 5. The first-order valence-corrected chi connectivity index (χ1v) is 10.5. The standard InChI is InChI=1S/C18H25NO3S2/c1-3-5-13(2)19-16(20)12-22-17(21)14-6-8-15(9-7-14)18-23-10-4-11-24-18/h6-9,13,18H,3-5,10-12H2,1-2H3,(H,19,20)/t13-/m1/s1. The summed E-state index contributed by atoms with van der Waals surface area (Å²) in [5.41, 5.74) is 1.71. The zero-order chi connectivity index (χ0) is 17.4. The maximum atomic E-state index is 12.0. The van der Waals surface area contributed by atoms with E-state index >= 15 is 0 Å². The molecule has 0 aromatic heterocycles. The summed E-state index contributed by atoms with van der Waals surface area (Å²) in [6.45, 7) is 3.78. The lowest BCUT2D eigenvalue weighted by Crippen LogP contribution is -2.35. The predicted octanol–water partition coefficient (Wildman–Crippen LogP) is 4.02. The van der Waals surface area contributed by atoms with Crippen molar-refractivity contribution in [3.8, 4) is 0 Å². The molecule has 0 bridgehead atoms. The molecule has 0 unspecified atom stereocenters. The normalized spacial score (nSPS) is 16.4.